The van der Waals surface area contributed by atoms with E-state index in [0.29, 0.717) is 5.56 Å². The molecular weight excluding hydrogens is 404 g/mol. The predicted molar refractivity (Wildman–Crippen MR) is 108 cm³/mol. The van der Waals surface area contributed by atoms with E-state index in [4.69, 9.17) is 5.73 Å². The Morgan fingerprint density at radius 3 is 2.45 bits per heavy atom. The van der Waals surface area contributed by atoms with Gasteiger partial charge >= 0.3 is 0 Å². The number of likely N-dealkylation sites (N-methyl/N-ethyl adjacent to an activating group) is 1. The van der Waals surface area contributed by atoms with Crippen LogP contribution in [0.15, 0.2) is 29.5 Å². The summed E-state index contributed by atoms with van der Waals surface area (Å²) in [6, 6.07) is 3.82. The van der Waals surface area contributed by atoms with Crippen LogP contribution in [-0.2, 0) is 9.59 Å². The van der Waals surface area contributed by atoms with Crippen LogP contribution in [-0.4, -0.2) is 74.6 Å². The Balaban J connectivity index is 1.97. The molecule has 0 heterocycles. The number of nitrogens with zero attached hydrogens (tertiary/aromatic N) is 1. The quantitative estimate of drug-likeness (QED) is 0.405. The van der Waals surface area contributed by atoms with E-state index >= 15 is 0 Å². The summed E-state index contributed by atoms with van der Waals surface area (Å²) in [6.45, 7) is 1.84. The Kier molecular flexibility index (Phi) is 4.77. The SMILES string of the molecule is CC1c2cccc(O)c2C(=O)C2=C(O)C3(O)C(=O)C(C(N)=O)C(O)C(N(C)C)C3CC21. The molecule has 0 saturated heterocycles. The molecule has 9 heteroatoms. The number of amides is 1. The average Bonchev–Trinajstić information content (AvgIpc) is 2.68. The lowest BCUT2D eigenvalue weighted by atomic mass is 9.54. The van der Waals surface area contributed by atoms with Crippen molar-refractivity contribution in [3.8, 4) is 5.75 Å². The number of fused-ring (bicyclic) bond motifs is 3. The van der Waals surface area contributed by atoms with Gasteiger partial charge in [-0.25, -0.2) is 0 Å². The fourth-order valence-corrected chi connectivity index (χ4v) is 5.86. The summed E-state index contributed by atoms with van der Waals surface area (Å²) < 4.78 is 0. The molecular formula is C22H26N2O7. The number of nitrogens with two attached hydrogens (primary N) is 1. The summed E-state index contributed by atoms with van der Waals surface area (Å²) in [4.78, 5) is 40.1. The Hall–Kier alpha value is -2.75. The van der Waals surface area contributed by atoms with Crippen molar-refractivity contribution in [2.45, 2.75) is 37.0 Å². The molecule has 0 aliphatic heterocycles. The molecule has 1 aromatic rings. The number of carbonyl (C=O) groups excluding carboxylic acids is 3. The van der Waals surface area contributed by atoms with Gasteiger partial charge in [-0.3, -0.25) is 14.4 Å². The van der Waals surface area contributed by atoms with Crippen LogP contribution in [0.1, 0.15) is 35.2 Å². The highest BCUT2D eigenvalue weighted by Crippen LogP contribution is 2.55. The van der Waals surface area contributed by atoms with Gasteiger partial charge in [-0.05, 0) is 44.0 Å². The number of carbonyl (C=O) groups is 3. The molecule has 6 N–H and O–H groups in total. The second-order valence-electron chi connectivity index (χ2n) is 9.03. The largest absolute Gasteiger partial charge is 0.508 e. The number of ketones is 2. The number of aromatic hydroxyl groups is 1. The zero-order chi connectivity index (χ0) is 23.0. The Labute approximate surface area is 178 Å². The second-order valence-corrected chi connectivity index (χ2v) is 9.03. The summed E-state index contributed by atoms with van der Waals surface area (Å²) in [5.74, 6) is -7.59. The molecule has 166 valence electrons. The van der Waals surface area contributed by atoms with Crippen LogP contribution >= 0.6 is 0 Å². The maximum absolute atomic E-state index is 13.3. The number of rotatable bonds is 2. The number of hydrogen-bond donors (Lipinski definition) is 5. The molecule has 7 unspecified atom stereocenters. The summed E-state index contributed by atoms with van der Waals surface area (Å²) in [7, 11) is 3.25. The van der Waals surface area contributed by atoms with E-state index < -0.39 is 58.7 Å². The molecule has 9 nitrogen and oxygen atoms in total. The van der Waals surface area contributed by atoms with Crippen molar-refractivity contribution in [2.24, 2.45) is 23.5 Å². The molecule has 4 rings (SSSR count). The zero-order valence-electron chi connectivity index (χ0n) is 17.4. The maximum Gasteiger partial charge on any atom is 0.230 e. The zero-order valence-corrected chi connectivity index (χ0v) is 17.4. The number of primary amides is 1. The van der Waals surface area contributed by atoms with Crippen LogP contribution in [0.25, 0.3) is 0 Å². The van der Waals surface area contributed by atoms with Gasteiger partial charge in [-0.15, -0.1) is 0 Å². The predicted octanol–water partition coefficient (Wildman–Crippen LogP) is -0.153. The summed E-state index contributed by atoms with van der Waals surface area (Å²) in [6.07, 6.45) is -1.37. The van der Waals surface area contributed by atoms with Gasteiger partial charge in [0.15, 0.2) is 17.2 Å². The van der Waals surface area contributed by atoms with E-state index in [-0.39, 0.29) is 29.2 Å². The molecule has 0 spiro atoms. The van der Waals surface area contributed by atoms with Crippen LogP contribution in [0, 0.1) is 17.8 Å². The van der Waals surface area contributed by atoms with Crippen LogP contribution in [0.2, 0.25) is 0 Å². The third kappa shape index (κ3) is 2.63. The van der Waals surface area contributed by atoms with Gasteiger partial charge in [0, 0.05) is 17.5 Å². The van der Waals surface area contributed by atoms with Gasteiger partial charge in [-0.2, -0.15) is 0 Å². The topological polar surface area (TPSA) is 161 Å². The smallest absolute Gasteiger partial charge is 0.230 e. The molecule has 1 amide bonds. The van der Waals surface area contributed by atoms with Crippen LogP contribution < -0.4 is 5.73 Å². The average molecular weight is 430 g/mol. The van der Waals surface area contributed by atoms with Crippen molar-refractivity contribution in [1.29, 1.82) is 0 Å². The van der Waals surface area contributed by atoms with Crippen molar-refractivity contribution >= 4 is 17.5 Å². The third-order valence-corrected chi connectivity index (χ3v) is 7.34. The Morgan fingerprint density at radius 2 is 1.87 bits per heavy atom. The standard InChI is InChI=1S/C22H26N2O7/c1-8-9-5-4-6-12(25)13(9)17(26)14-10(8)7-11-16(24(2)3)18(27)15(21(23)30)20(29)22(11,31)19(14)28/h4-6,8,10-11,15-16,18,25,27-28,31H,7H2,1-3H3,(H2,23,30). The van der Waals surface area contributed by atoms with Gasteiger partial charge in [0.05, 0.1) is 11.7 Å². The molecule has 1 aromatic carbocycles. The highest BCUT2D eigenvalue weighted by Gasteiger charge is 2.66. The molecule has 1 saturated carbocycles. The van der Waals surface area contributed by atoms with E-state index in [1.807, 2.05) is 6.92 Å². The van der Waals surface area contributed by atoms with Crippen molar-refractivity contribution in [2.75, 3.05) is 14.1 Å². The lowest BCUT2D eigenvalue weighted by Crippen LogP contribution is -2.71. The number of phenolic OH excluding ortho intramolecular Hbond substituents is 1. The van der Waals surface area contributed by atoms with Crippen LogP contribution in [0.5, 0.6) is 5.75 Å². The molecule has 1 fully saturated rings. The maximum atomic E-state index is 13.3. The van der Waals surface area contributed by atoms with E-state index in [9.17, 15) is 34.8 Å². The molecule has 7 atom stereocenters. The number of hydrogen-bond acceptors (Lipinski definition) is 8. The molecule has 0 radical (unpaired) electrons. The van der Waals surface area contributed by atoms with Crippen molar-refractivity contribution in [3.63, 3.8) is 0 Å². The minimum absolute atomic E-state index is 0.0220. The lowest BCUT2D eigenvalue weighted by molar-refractivity contribution is -0.178. The number of aliphatic hydroxyl groups is 3. The molecule has 3 aliphatic rings. The van der Waals surface area contributed by atoms with E-state index in [1.54, 1.807) is 31.1 Å². The van der Waals surface area contributed by atoms with Crippen molar-refractivity contribution in [3.05, 3.63) is 40.7 Å². The first-order valence-electron chi connectivity index (χ1n) is 10.1. The minimum atomic E-state index is -2.56. The Morgan fingerprint density at radius 1 is 1.23 bits per heavy atom. The van der Waals surface area contributed by atoms with Gasteiger partial charge < -0.3 is 31.1 Å². The van der Waals surface area contributed by atoms with Crippen LogP contribution in [0.4, 0.5) is 0 Å². The number of benzene rings is 1. The number of Topliss-reactive ketones (excluding diaryl/α,β-unsaturated/α-hetero) is 2. The van der Waals surface area contributed by atoms with E-state index in [1.165, 1.54) is 6.07 Å². The normalized spacial score (nSPS) is 37.4. The lowest BCUT2D eigenvalue weighted by Gasteiger charge is -2.54. The molecule has 0 aromatic heterocycles. The number of phenols is 1. The Bertz CT molecular complexity index is 1030. The van der Waals surface area contributed by atoms with Gasteiger partial charge in [0.2, 0.25) is 5.91 Å². The molecule has 0 bridgehead atoms. The summed E-state index contributed by atoms with van der Waals surface area (Å²) >= 11 is 0. The first-order valence-corrected chi connectivity index (χ1v) is 10.1. The third-order valence-electron chi connectivity index (χ3n) is 7.34. The second kappa shape index (κ2) is 6.88. The van der Waals surface area contributed by atoms with Crippen molar-refractivity contribution < 1.29 is 34.8 Å². The number of aliphatic hydroxyl groups excluding tert-OH is 2. The summed E-state index contributed by atoms with van der Waals surface area (Å²) in [5, 5.41) is 43.8. The molecule has 3 aliphatic carbocycles. The van der Waals surface area contributed by atoms with Gasteiger partial charge in [-0.1, -0.05) is 19.1 Å². The van der Waals surface area contributed by atoms with Gasteiger partial charge in [0.1, 0.15) is 17.4 Å². The summed E-state index contributed by atoms with van der Waals surface area (Å²) in [5.41, 5.74) is 3.28. The van der Waals surface area contributed by atoms with Crippen LogP contribution in [0.3, 0.4) is 0 Å². The molecule has 31 heavy (non-hydrogen) atoms. The number of allylic oxidation sites excluding steroid dienone is 1. The fourth-order valence-electron chi connectivity index (χ4n) is 5.86. The first kappa shape index (κ1) is 21.5. The highest BCUT2D eigenvalue weighted by atomic mass is 16.3. The fraction of sp³-hybridized carbons (Fsp3) is 0.500. The van der Waals surface area contributed by atoms with E-state index in [0.717, 1.165) is 0 Å². The van der Waals surface area contributed by atoms with Crippen molar-refractivity contribution in [1.82, 2.24) is 4.90 Å². The monoisotopic (exact) mass is 430 g/mol. The minimum Gasteiger partial charge on any atom is -0.508 e. The first-order chi connectivity index (χ1) is 14.4. The highest BCUT2D eigenvalue weighted by molar-refractivity contribution is 6.15. The van der Waals surface area contributed by atoms with Gasteiger partial charge in [0.25, 0.3) is 0 Å². The van der Waals surface area contributed by atoms with E-state index in [2.05, 4.69) is 0 Å².